The van der Waals surface area contributed by atoms with Gasteiger partial charge in [0.1, 0.15) is 6.54 Å². The smallest absolute Gasteiger partial charge is 0.332 e. The summed E-state index contributed by atoms with van der Waals surface area (Å²) in [5.74, 6) is -0.295. The van der Waals surface area contributed by atoms with Gasteiger partial charge in [-0.1, -0.05) is 12.2 Å². The van der Waals surface area contributed by atoms with Crippen LogP contribution in [-0.2, 0) is 25.4 Å². The standard InChI is InChI=1S/C15H21N5O3/c1-6-19(7-10(2)3)11(21)8-20-14(22)12-13(16-9-17(12)4)18(5)15(20)23/h9H,2,6-8H2,1,3-5H3. The third kappa shape index (κ3) is 2.96. The van der Waals surface area contributed by atoms with Gasteiger partial charge in [-0.2, -0.15) is 0 Å². The van der Waals surface area contributed by atoms with Gasteiger partial charge in [-0.25, -0.2) is 14.3 Å². The molecule has 0 N–H and O–H groups in total. The number of amides is 1. The molecule has 0 aliphatic rings. The number of carbonyl (C=O) groups excluding carboxylic acids is 1. The van der Waals surface area contributed by atoms with E-state index in [0.717, 1.165) is 10.1 Å². The minimum Gasteiger partial charge on any atom is -0.337 e. The molecule has 2 aromatic rings. The van der Waals surface area contributed by atoms with Gasteiger partial charge in [0, 0.05) is 27.2 Å². The third-order valence-corrected chi connectivity index (χ3v) is 3.69. The molecule has 0 aliphatic carbocycles. The predicted octanol–water partition coefficient (Wildman–Crippen LogP) is -0.142. The van der Waals surface area contributed by atoms with Gasteiger partial charge in [0.05, 0.1) is 6.33 Å². The topological polar surface area (TPSA) is 82.1 Å². The summed E-state index contributed by atoms with van der Waals surface area (Å²) in [5, 5.41) is 0. The van der Waals surface area contributed by atoms with Crippen LogP contribution in [0.3, 0.4) is 0 Å². The average molecular weight is 319 g/mol. The molecule has 0 fully saturated rings. The average Bonchev–Trinajstić information content (AvgIpc) is 2.88. The van der Waals surface area contributed by atoms with Crippen molar-refractivity contribution in [1.29, 1.82) is 0 Å². The number of nitrogens with zero attached hydrogens (tertiary/aromatic N) is 5. The molecule has 8 nitrogen and oxygen atoms in total. The largest absolute Gasteiger partial charge is 0.337 e. The molecule has 0 unspecified atom stereocenters. The highest BCUT2D eigenvalue weighted by Crippen LogP contribution is 2.03. The summed E-state index contributed by atoms with van der Waals surface area (Å²) >= 11 is 0. The van der Waals surface area contributed by atoms with Crippen LogP contribution in [0.4, 0.5) is 0 Å². The summed E-state index contributed by atoms with van der Waals surface area (Å²) in [6.45, 7) is 8.03. The maximum Gasteiger partial charge on any atom is 0.332 e. The van der Waals surface area contributed by atoms with Crippen molar-refractivity contribution >= 4 is 17.1 Å². The zero-order chi connectivity index (χ0) is 17.3. The Hall–Kier alpha value is -2.64. The summed E-state index contributed by atoms with van der Waals surface area (Å²) in [4.78, 5) is 42.9. The fourth-order valence-electron chi connectivity index (χ4n) is 2.47. The SMILES string of the molecule is C=C(C)CN(CC)C(=O)Cn1c(=O)c2c(ncn2C)n(C)c1=O. The van der Waals surface area contributed by atoms with Gasteiger partial charge >= 0.3 is 5.69 Å². The summed E-state index contributed by atoms with van der Waals surface area (Å²) in [7, 11) is 3.20. The summed E-state index contributed by atoms with van der Waals surface area (Å²) in [5.41, 5.74) is 0.370. The quantitative estimate of drug-likeness (QED) is 0.718. The minimum absolute atomic E-state index is 0.294. The van der Waals surface area contributed by atoms with E-state index in [1.165, 1.54) is 17.9 Å². The van der Waals surface area contributed by atoms with Crippen molar-refractivity contribution in [2.75, 3.05) is 13.1 Å². The first-order valence-electron chi connectivity index (χ1n) is 7.30. The second kappa shape index (κ2) is 6.23. The van der Waals surface area contributed by atoms with Crippen LogP contribution in [0.5, 0.6) is 0 Å². The summed E-state index contributed by atoms with van der Waals surface area (Å²) in [6.07, 6.45) is 1.47. The van der Waals surface area contributed by atoms with Crippen molar-refractivity contribution in [3.05, 3.63) is 39.3 Å². The van der Waals surface area contributed by atoms with Crippen molar-refractivity contribution in [3.63, 3.8) is 0 Å². The fraction of sp³-hybridized carbons (Fsp3) is 0.467. The van der Waals surface area contributed by atoms with E-state index in [4.69, 9.17) is 0 Å². The lowest BCUT2D eigenvalue weighted by Crippen LogP contribution is -2.45. The molecule has 2 rings (SSSR count). The lowest BCUT2D eigenvalue weighted by Gasteiger charge is -2.21. The highest BCUT2D eigenvalue weighted by molar-refractivity contribution is 5.77. The van der Waals surface area contributed by atoms with E-state index in [-0.39, 0.29) is 12.5 Å². The molecular formula is C15H21N5O3. The van der Waals surface area contributed by atoms with Crippen molar-refractivity contribution in [2.24, 2.45) is 14.1 Å². The number of imidazole rings is 1. The van der Waals surface area contributed by atoms with Crippen molar-refractivity contribution in [3.8, 4) is 0 Å². The van der Waals surface area contributed by atoms with E-state index >= 15 is 0 Å². The van der Waals surface area contributed by atoms with E-state index in [1.807, 2.05) is 13.8 Å². The lowest BCUT2D eigenvalue weighted by atomic mass is 10.3. The Labute approximate surface area is 133 Å². The minimum atomic E-state index is -0.555. The van der Waals surface area contributed by atoms with E-state index in [1.54, 1.807) is 16.5 Å². The van der Waals surface area contributed by atoms with E-state index in [2.05, 4.69) is 11.6 Å². The van der Waals surface area contributed by atoms with Crippen molar-refractivity contribution < 1.29 is 4.79 Å². The Bertz CT molecular complexity index is 887. The Morgan fingerprint density at radius 3 is 2.57 bits per heavy atom. The Kier molecular flexibility index (Phi) is 4.53. The van der Waals surface area contributed by atoms with Crippen LogP contribution < -0.4 is 11.2 Å². The first-order valence-corrected chi connectivity index (χ1v) is 7.30. The number of aryl methyl sites for hydroxylation is 2. The van der Waals surface area contributed by atoms with Gasteiger partial charge in [-0.05, 0) is 13.8 Å². The first kappa shape index (κ1) is 16.7. The monoisotopic (exact) mass is 319 g/mol. The molecule has 0 saturated heterocycles. The third-order valence-electron chi connectivity index (χ3n) is 3.69. The van der Waals surface area contributed by atoms with Crippen LogP contribution >= 0.6 is 0 Å². The molecule has 2 heterocycles. The second-order valence-corrected chi connectivity index (χ2v) is 5.63. The normalized spacial score (nSPS) is 11.0. The van der Waals surface area contributed by atoms with Gasteiger partial charge in [-0.3, -0.25) is 14.2 Å². The molecule has 1 amide bonds. The maximum absolute atomic E-state index is 12.6. The zero-order valence-electron chi connectivity index (χ0n) is 13.9. The Balaban J connectivity index is 2.50. The molecule has 0 saturated carbocycles. The van der Waals surface area contributed by atoms with Gasteiger partial charge in [0.15, 0.2) is 11.2 Å². The maximum atomic E-state index is 12.6. The number of aromatic nitrogens is 4. The van der Waals surface area contributed by atoms with Crippen LogP contribution in [-0.4, -0.2) is 42.6 Å². The van der Waals surface area contributed by atoms with Gasteiger partial charge in [-0.15, -0.1) is 0 Å². The van der Waals surface area contributed by atoms with E-state index < -0.39 is 11.2 Å². The molecule has 0 bridgehead atoms. The molecular weight excluding hydrogens is 298 g/mol. The number of likely N-dealkylation sites (N-methyl/N-ethyl adjacent to an activating group) is 1. The van der Waals surface area contributed by atoms with Crippen molar-refractivity contribution in [1.82, 2.24) is 23.6 Å². The number of hydrogen-bond donors (Lipinski definition) is 0. The van der Waals surface area contributed by atoms with Crippen LogP contribution in [0.25, 0.3) is 11.2 Å². The highest BCUT2D eigenvalue weighted by Gasteiger charge is 2.19. The predicted molar refractivity (Wildman–Crippen MR) is 87.3 cm³/mol. The molecule has 0 spiro atoms. The number of rotatable bonds is 5. The first-order chi connectivity index (χ1) is 10.8. The van der Waals surface area contributed by atoms with Crippen LogP contribution in [0.15, 0.2) is 28.1 Å². The van der Waals surface area contributed by atoms with Gasteiger partial charge in [0.25, 0.3) is 5.56 Å². The van der Waals surface area contributed by atoms with Gasteiger partial charge < -0.3 is 9.47 Å². The molecule has 0 atom stereocenters. The van der Waals surface area contributed by atoms with E-state index in [0.29, 0.717) is 24.3 Å². The molecule has 23 heavy (non-hydrogen) atoms. The van der Waals surface area contributed by atoms with Crippen molar-refractivity contribution in [2.45, 2.75) is 20.4 Å². The number of hydrogen-bond acceptors (Lipinski definition) is 4. The molecule has 0 aromatic carbocycles. The van der Waals surface area contributed by atoms with Crippen LogP contribution in [0.1, 0.15) is 13.8 Å². The molecule has 124 valence electrons. The van der Waals surface area contributed by atoms with Crippen LogP contribution in [0, 0.1) is 0 Å². The lowest BCUT2D eigenvalue weighted by molar-refractivity contribution is -0.131. The molecule has 0 radical (unpaired) electrons. The number of fused-ring (bicyclic) bond motifs is 1. The second-order valence-electron chi connectivity index (χ2n) is 5.63. The Morgan fingerprint density at radius 2 is 2.00 bits per heavy atom. The highest BCUT2D eigenvalue weighted by atomic mass is 16.2. The summed E-state index contributed by atoms with van der Waals surface area (Å²) < 4.78 is 3.77. The molecule has 2 aromatic heterocycles. The van der Waals surface area contributed by atoms with Gasteiger partial charge in [0.2, 0.25) is 5.91 Å². The molecule has 0 aliphatic heterocycles. The van der Waals surface area contributed by atoms with Crippen LogP contribution in [0.2, 0.25) is 0 Å². The fourth-order valence-corrected chi connectivity index (χ4v) is 2.47. The molecule has 8 heteroatoms. The zero-order valence-corrected chi connectivity index (χ0v) is 13.9. The summed E-state index contributed by atoms with van der Waals surface area (Å²) in [6, 6.07) is 0. The number of carbonyl (C=O) groups is 1. The van der Waals surface area contributed by atoms with E-state index in [9.17, 15) is 14.4 Å². The Morgan fingerprint density at radius 1 is 1.35 bits per heavy atom.